The van der Waals surface area contributed by atoms with Gasteiger partial charge in [0.15, 0.2) is 0 Å². The van der Waals surface area contributed by atoms with E-state index >= 15 is 0 Å². The van der Waals surface area contributed by atoms with Crippen molar-refractivity contribution < 1.29 is 4.74 Å². The van der Waals surface area contributed by atoms with Crippen LogP contribution in [0.1, 0.15) is 58.3 Å². The van der Waals surface area contributed by atoms with E-state index in [-0.39, 0.29) is 5.41 Å². The van der Waals surface area contributed by atoms with Crippen molar-refractivity contribution in [1.82, 2.24) is 4.90 Å². The average Bonchev–Trinajstić information content (AvgIpc) is 2.70. The third kappa shape index (κ3) is 5.51. The van der Waals surface area contributed by atoms with Crippen molar-refractivity contribution in [2.24, 2.45) is 11.3 Å². The molecule has 1 aromatic carbocycles. The fourth-order valence-corrected chi connectivity index (χ4v) is 6.19. The van der Waals surface area contributed by atoms with Crippen LogP contribution in [0.25, 0.3) is 0 Å². The molecule has 0 N–H and O–H groups in total. The lowest BCUT2D eigenvalue weighted by Crippen LogP contribution is -2.58. The van der Waals surface area contributed by atoms with Crippen LogP contribution in [0, 0.1) is 11.3 Å². The number of thiocarbonyl (C=S) groups is 2. The quantitative estimate of drug-likeness (QED) is 0.293. The molecule has 0 bridgehead atoms. The number of ether oxygens (including phenoxy) is 1. The molecular weight excluding hydrogens is 441 g/mol. The minimum absolute atomic E-state index is 0.0889. The van der Waals surface area contributed by atoms with E-state index in [1.54, 1.807) is 12.1 Å². The molecule has 1 aliphatic carbocycles. The number of piperidine rings is 1. The van der Waals surface area contributed by atoms with E-state index in [2.05, 4.69) is 11.8 Å². The van der Waals surface area contributed by atoms with Crippen LogP contribution in [-0.2, 0) is 0 Å². The number of halogens is 2. The minimum Gasteiger partial charge on any atom is -0.494 e. The standard InChI is InChI=1S/C23H31Cl2NOS2/c1-2-3-4-12-26-13-10-17(23(16-26)21(28)6-5-7-22(23)29)11-14-27-18-8-9-19(24)20(25)15-18/h8-9,15,17H,2-7,10-14,16H2,1H3. The van der Waals surface area contributed by atoms with Crippen LogP contribution < -0.4 is 4.74 Å². The summed E-state index contributed by atoms with van der Waals surface area (Å²) in [6.07, 6.45) is 9.08. The van der Waals surface area contributed by atoms with Crippen molar-refractivity contribution >= 4 is 57.4 Å². The maximum Gasteiger partial charge on any atom is 0.120 e. The highest BCUT2D eigenvalue weighted by molar-refractivity contribution is 7.82. The van der Waals surface area contributed by atoms with E-state index in [0.29, 0.717) is 22.6 Å². The Kier molecular flexibility index (Phi) is 8.76. The molecule has 6 heteroatoms. The summed E-state index contributed by atoms with van der Waals surface area (Å²) >= 11 is 24.1. The molecule has 1 aliphatic heterocycles. The van der Waals surface area contributed by atoms with Crippen molar-refractivity contribution in [2.45, 2.75) is 58.3 Å². The molecule has 1 atom stereocenters. The molecular formula is C23H31Cl2NOS2. The number of hydrogen-bond acceptors (Lipinski definition) is 4. The first-order valence-electron chi connectivity index (χ1n) is 10.8. The van der Waals surface area contributed by atoms with E-state index in [9.17, 15) is 0 Å². The summed E-state index contributed by atoms with van der Waals surface area (Å²) in [5, 5.41) is 1.07. The highest BCUT2D eigenvalue weighted by Gasteiger charge is 2.49. The van der Waals surface area contributed by atoms with Gasteiger partial charge < -0.3 is 9.64 Å². The Hall–Kier alpha value is -0.260. The second-order valence-corrected chi connectivity index (χ2v) is 10.2. The zero-order valence-corrected chi connectivity index (χ0v) is 20.4. The number of likely N-dealkylation sites (tertiary alicyclic amines) is 1. The lowest BCUT2D eigenvalue weighted by Gasteiger charge is -2.51. The first-order valence-corrected chi connectivity index (χ1v) is 12.4. The molecule has 160 valence electrons. The number of benzene rings is 1. The average molecular weight is 473 g/mol. The first kappa shape index (κ1) is 23.4. The molecule has 2 aliphatic rings. The fraction of sp³-hybridized carbons (Fsp3) is 0.652. The van der Waals surface area contributed by atoms with Crippen LogP contribution >= 0.6 is 47.6 Å². The minimum atomic E-state index is -0.0889. The maximum atomic E-state index is 6.11. The molecule has 2 nitrogen and oxygen atoms in total. The molecule has 0 aromatic heterocycles. The molecule has 1 saturated carbocycles. The third-order valence-corrected chi connectivity index (χ3v) is 8.35. The van der Waals surface area contributed by atoms with E-state index in [4.69, 9.17) is 52.4 Å². The highest BCUT2D eigenvalue weighted by Crippen LogP contribution is 2.46. The topological polar surface area (TPSA) is 12.5 Å². The Morgan fingerprint density at radius 2 is 1.90 bits per heavy atom. The smallest absolute Gasteiger partial charge is 0.120 e. The van der Waals surface area contributed by atoms with E-state index < -0.39 is 0 Å². The number of unbranched alkanes of at least 4 members (excludes halogenated alkanes) is 2. The zero-order valence-electron chi connectivity index (χ0n) is 17.2. The summed E-state index contributed by atoms with van der Waals surface area (Å²) in [5.74, 6) is 1.23. The van der Waals surface area contributed by atoms with E-state index in [1.165, 1.54) is 29.0 Å². The molecule has 1 unspecified atom stereocenters. The van der Waals surface area contributed by atoms with Gasteiger partial charge in [-0.2, -0.15) is 0 Å². The Morgan fingerprint density at radius 3 is 2.59 bits per heavy atom. The maximum absolute atomic E-state index is 6.11. The summed E-state index contributed by atoms with van der Waals surface area (Å²) in [7, 11) is 0. The van der Waals surface area contributed by atoms with Crippen LogP contribution in [0.2, 0.25) is 10.0 Å². The predicted molar refractivity (Wildman–Crippen MR) is 132 cm³/mol. The van der Waals surface area contributed by atoms with Crippen molar-refractivity contribution in [3.05, 3.63) is 28.2 Å². The molecule has 0 radical (unpaired) electrons. The molecule has 2 fully saturated rings. The largest absolute Gasteiger partial charge is 0.494 e. The molecule has 0 amide bonds. The summed E-state index contributed by atoms with van der Waals surface area (Å²) in [5.41, 5.74) is -0.0889. The molecule has 1 spiro atoms. The lowest BCUT2D eigenvalue weighted by molar-refractivity contribution is 0.102. The van der Waals surface area contributed by atoms with Crippen molar-refractivity contribution in [2.75, 3.05) is 26.2 Å². The lowest BCUT2D eigenvalue weighted by atomic mass is 9.61. The SMILES string of the molecule is CCCCCN1CCC(CCOc2ccc(Cl)c(Cl)c2)C2(C1)C(=S)CCCC2=S. The van der Waals surface area contributed by atoms with Crippen LogP contribution in [0.15, 0.2) is 18.2 Å². The molecule has 29 heavy (non-hydrogen) atoms. The Balaban J connectivity index is 1.67. The highest BCUT2D eigenvalue weighted by atomic mass is 35.5. The summed E-state index contributed by atoms with van der Waals surface area (Å²) < 4.78 is 6.01. The number of nitrogens with zero attached hydrogens (tertiary/aromatic N) is 1. The van der Waals surface area contributed by atoms with Gasteiger partial charge >= 0.3 is 0 Å². The van der Waals surface area contributed by atoms with Crippen LogP contribution in [-0.4, -0.2) is 40.9 Å². The van der Waals surface area contributed by atoms with Gasteiger partial charge in [-0.1, -0.05) is 67.4 Å². The van der Waals surface area contributed by atoms with Gasteiger partial charge in [0.05, 0.1) is 16.7 Å². The van der Waals surface area contributed by atoms with Gasteiger partial charge in [-0.15, -0.1) is 0 Å². The Labute approximate surface area is 196 Å². The van der Waals surface area contributed by atoms with Crippen molar-refractivity contribution in [1.29, 1.82) is 0 Å². The Bertz CT molecular complexity index is 724. The van der Waals surface area contributed by atoms with E-state index in [1.807, 2.05) is 6.07 Å². The number of rotatable bonds is 8. The van der Waals surface area contributed by atoms with Gasteiger partial charge in [0.2, 0.25) is 0 Å². The normalized spacial score (nSPS) is 22.2. The summed E-state index contributed by atoms with van der Waals surface area (Å²) in [6.45, 7) is 6.20. The van der Waals surface area contributed by atoms with Crippen LogP contribution in [0.3, 0.4) is 0 Å². The van der Waals surface area contributed by atoms with Crippen molar-refractivity contribution in [3.8, 4) is 5.75 Å². The van der Waals surface area contributed by atoms with Gasteiger partial charge in [-0.25, -0.2) is 0 Å². The van der Waals surface area contributed by atoms with Crippen molar-refractivity contribution in [3.63, 3.8) is 0 Å². The predicted octanol–water partition coefficient (Wildman–Crippen LogP) is 7.18. The molecule has 1 heterocycles. The van der Waals surface area contributed by atoms with Crippen LogP contribution in [0.4, 0.5) is 0 Å². The summed E-state index contributed by atoms with van der Waals surface area (Å²) in [6, 6.07) is 5.43. The second kappa shape index (κ2) is 10.9. The van der Waals surface area contributed by atoms with Gasteiger partial charge in [0.25, 0.3) is 0 Å². The third-order valence-electron chi connectivity index (χ3n) is 6.47. The van der Waals surface area contributed by atoms with Gasteiger partial charge in [-0.05, 0) is 69.7 Å². The zero-order chi connectivity index (χ0) is 20.9. The molecule has 1 saturated heterocycles. The summed E-state index contributed by atoms with van der Waals surface area (Å²) in [4.78, 5) is 4.98. The molecule has 3 rings (SSSR count). The van der Waals surface area contributed by atoms with Crippen LogP contribution in [0.5, 0.6) is 5.75 Å². The number of hydrogen-bond donors (Lipinski definition) is 0. The van der Waals surface area contributed by atoms with E-state index in [0.717, 1.165) is 57.5 Å². The fourth-order valence-electron chi connectivity index (χ4n) is 4.84. The Morgan fingerprint density at radius 1 is 1.14 bits per heavy atom. The van der Waals surface area contributed by atoms with Gasteiger partial charge in [0, 0.05) is 27.8 Å². The second-order valence-electron chi connectivity index (χ2n) is 8.35. The van der Waals surface area contributed by atoms with Gasteiger partial charge in [0.1, 0.15) is 5.75 Å². The van der Waals surface area contributed by atoms with Gasteiger partial charge in [-0.3, -0.25) is 0 Å². The molecule has 1 aromatic rings. The first-order chi connectivity index (χ1) is 14.0. The monoisotopic (exact) mass is 471 g/mol.